The van der Waals surface area contributed by atoms with Gasteiger partial charge in [0.05, 0.1) is 6.61 Å². The van der Waals surface area contributed by atoms with Crippen molar-refractivity contribution >= 4 is 16.3 Å². The molecule has 8 heteroatoms. The standard InChI is InChI=1S/C12H25N3O4S/c1-3-9-15(12(10-13)7-5-6-8-12)20(17,18)14-11(16)19-4-2/h3-10,13H2,1-2H3,(H,14,16). The van der Waals surface area contributed by atoms with E-state index in [9.17, 15) is 13.2 Å². The van der Waals surface area contributed by atoms with Gasteiger partial charge in [-0.2, -0.15) is 12.7 Å². The monoisotopic (exact) mass is 307 g/mol. The van der Waals surface area contributed by atoms with E-state index in [0.717, 1.165) is 25.7 Å². The fourth-order valence-electron chi connectivity index (χ4n) is 2.72. The molecule has 0 unspecified atom stereocenters. The van der Waals surface area contributed by atoms with E-state index >= 15 is 0 Å². The Morgan fingerprint density at radius 3 is 2.40 bits per heavy atom. The van der Waals surface area contributed by atoms with Gasteiger partial charge in [-0.25, -0.2) is 9.52 Å². The first-order chi connectivity index (χ1) is 9.41. The maximum Gasteiger partial charge on any atom is 0.421 e. The molecular weight excluding hydrogens is 282 g/mol. The van der Waals surface area contributed by atoms with E-state index < -0.39 is 21.8 Å². The van der Waals surface area contributed by atoms with Gasteiger partial charge in [0.1, 0.15) is 0 Å². The normalized spacial score (nSPS) is 18.2. The van der Waals surface area contributed by atoms with Gasteiger partial charge < -0.3 is 10.5 Å². The lowest BCUT2D eigenvalue weighted by Gasteiger charge is -2.38. The zero-order valence-corrected chi connectivity index (χ0v) is 13.0. The van der Waals surface area contributed by atoms with Crippen LogP contribution in [0.3, 0.4) is 0 Å². The molecule has 0 aromatic rings. The van der Waals surface area contributed by atoms with Crippen LogP contribution in [-0.2, 0) is 14.9 Å². The molecule has 0 aromatic heterocycles. The van der Waals surface area contributed by atoms with Crippen molar-refractivity contribution < 1.29 is 17.9 Å². The quantitative estimate of drug-likeness (QED) is 0.729. The van der Waals surface area contributed by atoms with Crippen LogP contribution in [-0.4, -0.2) is 44.1 Å². The number of hydrogen-bond acceptors (Lipinski definition) is 5. The molecule has 1 aliphatic rings. The van der Waals surface area contributed by atoms with Crippen LogP contribution in [0, 0.1) is 0 Å². The van der Waals surface area contributed by atoms with Gasteiger partial charge in [0.15, 0.2) is 0 Å². The van der Waals surface area contributed by atoms with Crippen molar-refractivity contribution in [3.8, 4) is 0 Å². The fourth-order valence-corrected chi connectivity index (χ4v) is 4.29. The van der Waals surface area contributed by atoms with Crippen LogP contribution in [0.4, 0.5) is 4.79 Å². The predicted molar refractivity (Wildman–Crippen MR) is 76.3 cm³/mol. The van der Waals surface area contributed by atoms with Crippen LogP contribution in [0.15, 0.2) is 0 Å². The summed E-state index contributed by atoms with van der Waals surface area (Å²) in [6.45, 7) is 4.24. The highest BCUT2D eigenvalue weighted by atomic mass is 32.2. The molecule has 0 radical (unpaired) electrons. The summed E-state index contributed by atoms with van der Waals surface area (Å²) in [6.07, 6.45) is 3.07. The molecule has 0 atom stereocenters. The second kappa shape index (κ2) is 7.24. The van der Waals surface area contributed by atoms with Crippen molar-refractivity contribution in [2.24, 2.45) is 5.73 Å². The molecule has 0 aromatic carbocycles. The van der Waals surface area contributed by atoms with Gasteiger partial charge in [0.2, 0.25) is 0 Å². The van der Waals surface area contributed by atoms with E-state index in [0.29, 0.717) is 13.0 Å². The second-order valence-electron chi connectivity index (χ2n) is 5.04. The van der Waals surface area contributed by atoms with Crippen LogP contribution < -0.4 is 10.5 Å². The molecule has 0 aliphatic heterocycles. The Morgan fingerprint density at radius 2 is 1.95 bits per heavy atom. The van der Waals surface area contributed by atoms with Gasteiger partial charge in [0.25, 0.3) is 0 Å². The molecule has 0 bridgehead atoms. The number of ether oxygens (including phenoxy) is 1. The lowest BCUT2D eigenvalue weighted by atomic mass is 9.98. The van der Waals surface area contributed by atoms with Crippen molar-refractivity contribution in [3.05, 3.63) is 0 Å². The minimum atomic E-state index is -3.93. The minimum Gasteiger partial charge on any atom is -0.449 e. The zero-order valence-electron chi connectivity index (χ0n) is 12.2. The molecule has 1 fully saturated rings. The van der Waals surface area contributed by atoms with E-state index in [1.807, 2.05) is 11.6 Å². The average Bonchev–Trinajstić information content (AvgIpc) is 2.85. The molecule has 1 rings (SSSR count). The third kappa shape index (κ3) is 3.83. The first-order valence-electron chi connectivity index (χ1n) is 7.09. The third-order valence-electron chi connectivity index (χ3n) is 3.65. The molecule has 3 N–H and O–H groups in total. The van der Waals surface area contributed by atoms with Crippen molar-refractivity contribution in [2.75, 3.05) is 19.7 Å². The van der Waals surface area contributed by atoms with Crippen LogP contribution in [0.1, 0.15) is 46.0 Å². The van der Waals surface area contributed by atoms with E-state index in [2.05, 4.69) is 4.74 Å². The van der Waals surface area contributed by atoms with Crippen LogP contribution in [0.2, 0.25) is 0 Å². The number of hydrogen-bond donors (Lipinski definition) is 2. The molecule has 0 spiro atoms. The Hall–Kier alpha value is -0.860. The number of rotatable bonds is 7. The summed E-state index contributed by atoms with van der Waals surface area (Å²) in [4.78, 5) is 11.4. The number of nitrogens with two attached hydrogens (primary N) is 1. The highest BCUT2D eigenvalue weighted by molar-refractivity contribution is 7.87. The molecule has 1 saturated carbocycles. The van der Waals surface area contributed by atoms with E-state index in [-0.39, 0.29) is 13.2 Å². The topological polar surface area (TPSA) is 102 Å². The van der Waals surface area contributed by atoms with Gasteiger partial charge in [-0.1, -0.05) is 19.8 Å². The van der Waals surface area contributed by atoms with Gasteiger partial charge in [-0.3, -0.25) is 0 Å². The molecule has 1 amide bonds. The maximum absolute atomic E-state index is 12.4. The molecular formula is C12H25N3O4S. The van der Waals surface area contributed by atoms with Crippen molar-refractivity contribution in [3.63, 3.8) is 0 Å². The lowest BCUT2D eigenvalue weighted by molar-refractivity contribution is 0.155. The summed E-state index contributed by atoms with van der Waals surface area (Å²) in [6, 6.07) is 0. The summed E-state index contributed by atoms with van der Waals surface area (Å²) in [5, 5.41) is 0. The SMILES string of the molecule is CCCN(C1(CN)CCCC1)S(=O)(=O)NC(=O)OCC. The summed E-state index contributed by atoms with van der Waals surface area (Å²) in [7, 11) is -3.93. The molecule has 0 saturated heterocycles. The number of nitrogens with one attached hydrogen (secondary N) is 1. The largest absolute Gasteiger partial charge is 0.449 e. The number of nitrogens with zero attached hydrogens (tertiary/aromatic N) is 1. The first kappa shape index (κ1) is 17.2. The molecule has 7 nitrogen and oxygen atoms in total. The van der Waals surface area contributed by atoms with E-state index in [1.54, 1.807) is 6.92 Å². The predicted octanol–water partition coefficient (Wildman–Crippen LogP) is 0.961. The Morgan fingerprint density at radius 1 is 1.35 bits per heavy atom. The van der Waals surface area contributed by atoms with E-state index in [1.165, 1.54) is 4.31 Å². The van der Waals surface area contributed by atoms with Gasteiger partial charge in [0, 0.05) is 18.6 Å². The highest BCUT2D eigenvalue weighted by Crippen LogP contribution is 2.36. The minimum absolute atomic E-state index is 0.122. The Bertz CT molecular complexity index is 418. The van der Waals surface area contributed by atoms with Crippen molar-refractivity contribution in [2.45, 2.75) is 51.5 Å². The van der Waals surface area contributed by atoms with Crippen molar-refractivity contribution in [1.29, 1.82) is 0 Å². The van der Waals surface area contributed by atoms with Gasteiger partial charge in [-0.05, 0) is 26.2 Å². The number of amides is 1. The van der Waals surface area contributed by atoms with Crippen LogP contribution >= 0.6 is 0 Å². The molecule has 1 aliphatic carbocycles. The summed E-state index contributed by atoms with van der Waals surface area (Å²) < 4.78 is 32.8. The summed E-state index contributed by atoms with van der Waals surface area (Å²) in [5.74, 6) is 0. The maximum atomic E-state index is 12.4. The molecule has 118 valence electrons. The third-order valence-corrected chi connectivity index (χ3v) is 5.22. The smallest absolute Gasteiger partial charge is 0.421 e. The first-order valence-corrected chi connectivity index (χ1v) is 8.53. The summed E-state index contributed by atoms with van der Waals surface area (Å²) >= 11 is 0. The number of carbonyl (C=O) groups is 1. The molecule has 0 heterocycles. The summed E-state index contributed by atoms with van der Waals surface area (Å²) in [5.41, 5.74) is 5.26. The average molecular weight is 307 g/mol. The molecule has 20 heavy (non-hydrogen) atoms. The Balaban J connectivity index is 2.96. The fraction of sp³-hybridized carbons (Fsp3) is 0.917. The van der Waals surface area contributed by atoms with Crippen LogP contribution in [0.25, 0.3) is 0 Å². The zero-order chi connectivity index (χ0) is 15.2. The van der Waals surface area contributed by atoms with Gasteiger partial charge in [-0.15, -0.1) is 0 Å². The number of carbonyl (C=O) groups excluding carboxylic acids is 1. The van der Waals surface area contributed by atoms with Crippen LogP contribution in [0.5, 0.6) is 0 Å². The second-order valence-corrected chi connectivity index (χ2v) is 6.63. The van der Waals surface area contributed by atoms with E-state index in [4.69, 9.17) is 5.73 Å². The Labute approximate surface area is 121 Å². The lowest BCUT2D eigenvalue weighted by Crippen LogP contribution is -2.58. The van der Waals surface area contributed by atoms with Crippen molar-refractivity contribution in [1.82, 2.24) is 9.03 Å². The van der Waals surface area contributed by atoms with Gasteiger partial charge >= 0.3 is 16.3 Å². The Kier molecular flexibility index (Phi) is 6.22. The highest BCUT2D eigenvalue weighted by Gasteiger charge is 2.44.